The van der Waals surface area contributed by atoms with Crippen LogP contribution >= 0.6 is 0 Å². The number of amides is 2. The number of nitrogens with zero attached hydrogens (tertiary/aromatic N) is 2. The Labute approximate surface area is 189 Å². The lowest BCUT2D eigenvalue weighted by molar-refractivity contribution is -0.384. The van der Waals surface area contributed by atoms with Crippen molar-refractivity contribution in [3.05, 3.63) is 94.0 Å². The summed E-state index contributed by atoms with van der Waals surface area (Å²) >= 11 is 0. The first-order chi connectivity index (χ1) is 16.0. The Morgan fingerprint density at radius 1 is 1.03 bits per heavy atom. The van der Waals surface area contributed by atoms with Gasteiger partial charge in [-0.3, -0.25) is 19.7 Å². The number of para-hydroxylation sites is 2. The Bertz CT molecular complexity index is 1160. The number of nitro benzene ring substituents is 1. The second kappa shape index (κ2) is 11.0. The van der Waals surface area contributed by atoms with Gasteiger partial charge < -0.3 is 14.8 Å². The predicted molar refractivity (Wildman–Crippen MR) is 122 cm³/mol. The van der Waals surface area contributed by atoms with Crippen molar-refractivity contribution in [1.82, 2.24) is 5.43 Å². The molecule has 3 aromatic rings. The molecule has 0 bridgehead atoms. The fourth-order valence-corrected chi connectivity index (χ4v) is 2.70. The lowest BCUT2D eigenvalue weighted by atomic mass is 10.2. The number of anilines is 1. The summed E-state index contributed by atoms with van der Waals surface area (Å²) in [5.74, 6) is 0.202. The zero-order valence-corrected chi connectivity index (χ0v) is 17.6. The predicted octanol–water partition coefficient (Wildman–Crippen LogP) is 3.38. The van der Waals surface area contributed by atoms with Crippen LogP contribution in [0.2, 0.25) is 0 Å². The summed E-state index contributed by atoms with van der Waals surface area (Å²) in [7, 11) is 1.52. The van der Waals surface area contributed by atoms with E-state index in [-0.39, 0.29) is 23.8 Å². The quantitative estimate of drug-likeness (QED) is 0.293. The number of benzene rings is 3. The standard InChI is InChI=1S/C23H20N4O6/c1-32-21-5-3-2-4-20(21)25-22(28)15-33-19-12-6-16(7-13-19)14-24-26-23(29)17-8-10-18(11-9-17)27(30)31/h2-14H,15H2,1H3,(H,25,28)(H,26,29)/b24-14-. The zero-order valence-electron chi connectivity index (χ0n) is 17.6. The maximum atomic E-state index is 12.1. The number of nitrogens with one attached hydrogen (secondary N) is 2. The first-order valence-corrected chi connectivity index (χ1v) is 9.70. The lowest BCUT2D eigenvalue weighted by Crippen LogP contribution is -2.20. The minimum Gasteiger partial charge on any atom is -0.495 e. The molecule has 0 atom stereocenters. The summed E-state index contributed by atoms with van der Waals surface area (Å²) in [6.45, 7) is -0.184. The third kappa shape index (κ3) is 6.62. The third-order valence-electron chi connectivity index (χ3n) is 4.35. The molecule has 0 spiro atoms. The largest absolute Gasteiger partial charge is 0.495 e. The van der Waals surface area contributed by atoms with E-state index < -0.39 is 10.8 Å². The molecule has 168 valence electrons. The molecule has 10 nitrogen and oxygen atoms in total. The van der Waals surface area contributed by atoms with Crippen molar-refractivity contribution >= 4 is 29.4 Å². The number of hydrogen-bond acceptors (Lipinski definition) is 7. The molecule has 0 unspecified atom stereocenters. The molecule has 2 amide bonds. The fourth-order valence-electron chi connectivity index (χ4n) is 2.70. The van der Waals surface area contributed by atoms with Crippen LogP contribution in [0.25, 0.3) is 0 Å². The maximum Gasteiger partial charge on any atom is 0.271 e. The van der Waals surface area contributed by atoms with Crippen LogP contribution in [0.3, 0.4) is 0 Å². The number of nitro groups is 1. The molecule has 0 aliphatic heterocycles. The van der Waals surface area contributed by atoms with Crippen molar-refractivity contribution in [3.8, 4) is 11.5 Å². The summed E-state index contributed by atoms with van der Waals surface area (Å²) in [5.41, 5.74) is 3.73. The normalized spacial score (nSPS) is 10.5. The lowest BCUT2D eigenvalue weighted by Gasteiger charge is -2.10. The second-order valence-corrected chi connectivity index (χ2v) is 6.61. The smallest absolute Gasteiger partial charge is 0.271 e. The molecule has 0 saturated heterocycles. The SMILES string of the molecule is COc1ccccc1NC(=O)COc1ccc(/C=N\NC(=O)c2ccc([N+](=O)[O-])cc2)cc1. The van der Waals surface area contributed by atoms with Crippen molar-refractivity contribution in [2.45, 2.75) is 0 Å². The molecule has 33 heavy (non-hydrogen) atoms. The van der Waals surface area contributed by atoms with Gasteiger partial charge in [0.1, 0.15) is 11.5 Å². The summed E-state index contributed by atoms with van der Waals surface area (Å²) in [5, 5.41) is 17.2. The Hall–Kier alpha value is -4.73. The van der Waals surface area contributed by atoms with E-state index in [0.29, 0.717) is 22.7 Å². The van der Waals surface area contributed by atoms with Gasteiger partial charge in [0.15, 0.2) is 6.61 Å². The average molecular weight is 448 g/mol. The molecule has 0 radical (unpaired) electrons. The topological polar surface area (TPSA) is 132 Å². The van der Waals surface area contributed by atoms with E-state index in [4.69, 9.17) is 9.47 Å². The molecule has 3 aromatic carbocycles. The Kier molecular flexibility index (Phi) is 7.68. The van der Waals surface area contributed by atoms with Crippen LogP contribution in [-0.4, -0.2) is 36.7 Å². The zero-order chi connectivity index (χ0) is 23.6. The van der Waals surface area contributed by atoms with Crippen molar-refractivity contribution < 1.29 is 24.0 Å². The summed E-state index contributed by atoms with van der Waals surface area (Å²) < 4.78 is 10.7. The summed E-state index contributed by atoms with van der Waals surface area (Å²) in [6, 6.07) is 19.0. The van der Waals surface area contributed by atoms with Crippen LogP contribution in [0.5, 0.6) is 11.5 Å². The van der Waals surface area contributed by atoms with E-state index in [2.05, 4.69) is 15.8 Å². The van der Waals surface area contributed by atoms with Gasteiger partial charge in [-0.2, -0.15) is 5.10 Å². The molecular formula is C23H20N4O6. The van der Waals surface area contributed by atoms with Gasteiger partial charge in [0.2, 0.25) is 0 Å². The van der Waals surface area contributed by atoms with Crippen molar-refractivity contribution in [3.63, 3.8) is 0 Å². The molecule has 2 N–H and O–H groups in total. The van der Waals surface area contributed by atoms with E-state index in [0.717, 1.165) is 0 Å². The molecule has 0 aliphatic carbocycles. The Morgan fingerprint density at radius 2 is 1.73 bits per heavy atom. The van der Waals surface area contributed by atoms with E-state index in [1.807, 2.05) is 0 Å². The number of non-ortho nitro benzene ring substituents is 1. The van der Waals surface area contributed by atoms with Gasteiger partial charge in [-0.25, -0.2) is 5.43 Å². The molecule has 0 aliphatic rings. The molecule has 0 heterocycles. The number of rotatable bonds is 9. The van der Waals surface area contributed by atoms with E-state index >= 15 is 0 Å². The van der Waals surface area contributed by atoms with Gasteiger partial charge in [-0.05, 0) is 54.1 Å². The Balaban J connectivity index is 1.47. The van der Waals surface area contributed by atoms with Crippen molar-refractivity contribution in [1.29, 1.82) is 0 Å². The number of methoxy groups -OCH3 is 1. The number of ether oxygens (including phenoxy) is 2. The number of hydrazone groups is 1. The van der Waals surface area contributed by atoms with E-state index in [9.17, 15) is 19.7 Å². The van der Waals surface area contributed by atoms with Gasteiger partial charge in [-0.1, -0.05) is 12.1 Å². The van der Waals surface area contributed by atoms with Crippen LogP contribution in [0.15, 0.2) is 77.9 Å². The third-order valence-corrected chi connectivity index (χ3v) is 4.35. The van der Waals surface area contributed by atoms with Crippen LogP contribution in [-0.2, 0) is 4.79 Å². The second-order valence-electron chi connectivity index (χ2n) is 6.61. The van der Waals surface area contributed by atoms with Crippen LogP contribution in [0.4, 0.5) is 11.4 Å². The number of hydrogen-bond donors (Lipinski definition) is 2. The van der Waals surface area contributed by atoms with Crippen LogP contribution in [0, 0.1) is 10.1 Å². The van der Waals surface area contributed by atoms with Crippen LogP contribution < -0.4 is 20.2 Å². The minimum absolute atomic E-state index is 0.102. The fraction of sp³-hybridized carbons (Fsp3) is 0.0870. The van der Waals surface area contributed by atoms with Gasteiger partial charge in [0.25, 0.3) is 17.5 Å². The molecule has 10 heteroatoms. The highest BCUT2D eigenvalue weighted by molar-refractivity contribution is 5.95. The highest BCUT2D eigenvalue weighted by Gasteiger charge is 2.09. The van der Waals surface area contributed by atoms with Gasteiger partial charge >= 0.3 is 0 Å². The van der Waals surface area contributed by atoms with Gasteiger partial charge in [0, 0.05) is 17.7 Å². The minimum atomic E-state index is -0.542. The molecule has 0 aromatic heterocycles. The van der Waals surface area contributed by atoms with Crippen LogP contribution in [0.1, 0.15) is 15.9 Å². The average Bonchev–Trinajstić information content (AvgIpc) is 2.84. The highest BCUT2D eigenvalue weighted by Crippen LogP contribution is 2.23. The van der Waals surface area contributed by atoms with E-state index in [1.165, 1.54) is 37.6 Å². The highest BCUT2D eigenvalue weighted by atomic mass is 16.6. The van der Waals surface area contributed by atoms with Crippen molar-refractivity contribution in [2.24, 2.45) is 5.10 Å². The maximum absolute atomic E-state index is 12.1. The molecule has 3 rings (SSSR count). The number of carbonyl (C=O) groups is 2. The van der Waals surface area contributed by atoms with Gasteiger partial charge in [0.05, 0.1) is 23.9 Å². The van der Waals surface area contributed by atoms with Crippen molar-refractivity contribution in [2.75, 3.05) is 19.0 Å². The van der Waals surface area contributed by atoms with Gasteiger partial charge in [-0.15, -0.1) is 0 Å². The first-order valence-electron chi connectivity index (χ1n) is 9.70. The Morgan fingerprint density at radius 3 is 2.39 bits per heavy atom. The summed E-state index contributed by atoms with van der Waals surface area (Å²) in [6.07, 6.45) is 1.43. The first kappa shape index (κ1) is 22.9. The monoisotopic (exact) mass is 448 g/mol. The number of carbonyl (C=O) groups excluding carboxylic acids is 2. The molecular weight excluding hydrogens is 428 g/mol. The summed E-state index contributed by atoms with van der Waals surface area (Å²) in [4.78, 5) is 34.3. The van der Waals surface area contributed by atoms with E-state index in [1.54, 1.807) is 48.5 Å². The molecule has 0 fully saturated rings. The molecule has 0 saturated carbocycles.